The van der Waals surface area contributed by atoms with Gasteiger partial charge in [0, 0.05) is 76.6 Å². The van der Waals surface area contributed by atoms with E-state index in [9.17, 15) is 19.2 Å². The number of terminal acetylenes is 1. The summed E-state index contributed by atoms with van der Waals surface area (Å²) < 4.78 is 5.65. The van der Waals surface area contributed by atoms with Gasteiger partial charge in [-0.1, -0.05) is 55.9 Å². The molecule has 9 nitrogen and oxygen atoms in total. The summed E-state index contributed by atoms with van der Waals surface area (Å²) in [5.74, 6) is 2.30. The molecular weight excluding hydrogens is 604 g/mol. The number of carbonyl (C=O) groups is 4. The summed E-state index contributed by atoms with van der Waals surface area (Å²) in [6.07, 6.45) is 12.0. The molecule has 0 aliphatic carbocycles. The van der Waals surface area contributed by atoms with Crippen molar-refractivity contribution in [1.29, 1.82) is 0 Å². The molecule has 3 aromatic carbocycles. The predicted octanol–water partition coefficient (Wildman–Crippen LogP) is 6.30. The van der Waals surface area contributed by atoms with Gasteiger partial charge < -0.3 is 24.3 Å². The molecule has 48 heavy (non-hydrogen) atoms. The van der Waals surface area contributed by atoms with Crippen LogP contribution in [0.4, 0.5) is 11.4 Å². The number of benzene rings is 3. The number of anilines is 2. The molecule has 4 heterocycles. The maximum absolute atomic E-state index is 13.6. The first-order valence-corrected chi connectivity index (χ1v) is 16.5. The minimum atomic E-state index is -0.285. The lowest BCUT2D eigenvalue weighted by atomic mass is 10.1. The highest BCUT2D eigenvalue weighted by molar-refractivity contribution is 6.00. The minimum Gasteiger partial charge on any atom is -0.481 e. The smallest absolute Gasteiger partial charge is 0.254 e. The first-order valence-electron chi connectivity index (χ1n) is 16.5. The van der Waals surface area contributed by atoms with Gasteiger partial charge in [-0.25, -0.2) is 0 Å². The van der Waals surface area contributed by atoms with Crippen LogP contribution in [0.2, 0.25) is 0 Å². The third kappa shape index (κ3) is 9.71. The number of carbonyl (C=O) groups excluding carboxylic acids is 4. The maximum Gasteiger partial charge on any atom is 0.254 e. The molecule has 252 valence electrons. The molecule has 0 spiro atoms. The van der Waals surface area contributed by atoms with Crippen LogP contribution in [0.3, 0.4) is 0 Å². The van der Waals surface area contributed by atoms with Crippen LogP contribution in [0, 0.1) is 12.3 Å². The third-order valence-corrected chi connectivity index (χ3v) is 8.68. The maximum atomic E-state index is 13.6. The molecule has 0 atom stereocenters. The van der Waals surface area contributed by atoms with E-state index in [2.05, 4.69) is 5.92 Å². The Bertz CT molecular complexity index is 1520. The second-order valence-electron chi connectivity index (χ2n) is 12.4. The molecule has 0 aromatic heterocycles. The molecular formula is C39H46N4O5. The summed E-state index contributed by atoms with van der Waals surface area (Å²) in [7, 11) is 6.96. The van der Waals surface area contributed by atoms with Gasteiger partial charge >= 0.3 is 0 Å². The molecule has 0 fully saturated rings. The van der Waals surface area contributed by atoms with E-state index in [1.165, 1.54) is 0 Å². The van der Waals surface area contributed by atoms with Gasteiger partial charge in [0.2, 0.25) is 11.8 Å². The Hall–Kier alpha value is -5.10. The molecule has 7 rings (SSSR count). The standard InChI is InChI=1S/C39H46N4O5/c1-6-23-48-35-25-31-24-32(26-35)39(47)41(3)28-30-17-21-34(22-18-30)43(5)37(45)14-12-10-8-7-9-11-13-36(44)42(4)33-19-15-29(16-20-33)27-40(2)38(31)46/h1,15-22,24-26H,7-14,23,27-28H2,2-5H3. The summed E-state index contributed by atoms with van der Waals surface area (Å²) in [4.78, 5) is 59.4. The van der Waals surface area contributed by atoms with Gasteiger partial charge in [-0.15, -0.1) is 6.42 Å². The molecule has 3 aromatic rings. The zero-order valence-corrected chi connectivity index (χ0v) is 28.5. The van der Waals surface area contributed by atoms with Crippen molar-refractivity contribution in [2.45, 2.75) is 64.5 Å². The molecule has 0 saturated carbocycles. The van der Waals surface area contributed by atoms with E-state index in [0.29, 0.717) is 42.8 Å². The number of ether oxygens (including phenoxy) is 1. The molecule has 0 saturated heterocycles. The summed E-state index contributed by atoms with van der Waals surface area (Å²) >= 11 is 0. The van der Waals surface area contributed by atoms with Crippen LogP contribution in [-0.2, 0) is 22.7 Å². The molecule has 4 amide bonds. The molecule has 6 bridgehead atoms. The normalized spacial score (nSPS) is 16.4. The van der Waals surface area contributed by atoms with Crippen LogP contribution in [-0.4, -0.2) is 68.2 Å². The van der Waals surface area contributed by atoms with Gasteiger partial charge in [-0.05, 0) is 66.4 Å². The topological polar surface area (TPSA) is 90.5 Å². The van der Waals surface area contributed by atoms with E-state index in [0.717, 1.165) is 61.0 Å². The van der Waals surface area contributed by atoms with Crippen LogP contribution in [0.25, 0.3) is 0 Å². The fraction of sp³-hybridized carbons (Fsp3) is 0.385. The number of amides is 4. The second-order valence-corrected chi connectivity index (χ2v) is 12.4. The monoisotopic (exact) mass is 650 g/mol. The van der Waals surface area contributed by atoms with Crippen LogP contribution in [0.1, 0.15) is 83.2 Å². The van der Waals surface area contributed by atoms with Crippen LogP contribution in [0.5, 0.6) is 5.75 Å². The largest absolute Gasteiger partial charge is 0.481 e. The first kappa shape index (κ1) is 35.7. The summed E-state index contributed by atoms with van der Waals surface area (Å²) in [5, 5.41) is 0. The van der Waals surface area contributed by atoms with Crippen molar-refractivity contribution in [2.75, 3.05) is 44.6 Å². The van der Waals surface area contributed by atoms with E-state index in [1.54, 1.807) is 66.0 Å². The predicted molar refractivity (Wildman–Crippen MR) is 189 cm³/mol. The number of nitrogens with zero attached hydrogens (tertiary/aromatic N) is 4. The lowest BCUT2D eigenvalue weighted by Crippen LogP contribution is -2.29. The molecule has 9 heteroatoms. The van der Waals surface area contributed by atoms with E-state index < -0.39 is 0 Å². The van der Waals surface area contributed by atoms with Crippen molar-refractivity contribution >= 4 is 35.0 Å². The first-order chi connectivity index (χ1) is 23.1. The Morgan fingerprint density at radius 2 is 1.00 bits per heavy atom. The van der Waals surface area contributed by atoms with E-state index >= 15 is 0 Å². The average Bonchev–Trinajstić information content (AvgIpc) is 3.10. The zero-order valence-electron chi connectivity index (χ0n) is 28.5. The Balaban J connectivity index is 1.58. The van der Waals surface area contributed by atoms with Crippen molar-refractivity contribution in [3.8, 4) is 18.1 Å². The van der Waals surface area contributed by atoms with Gasteiger partial charge in [0.25, 0.3) is 11.8 Å². The second kappa shape index (κ2) is 17.2. The summed E-state index contributed by atoms with van der Waals surface area (Å²) in [6, 6.07) is 19.9. The molecule has 0 unspecified atom stereocenters. The fourth-order valence-corrected chi connectivity index (χ4v) is 5.72. The van der Waals surface area contributed by atoms with E-state index in [-0.39, 0.29) is 30.2 Å². The molecule has 0 N–H and O–H groups in total. The van der Waals surface area contributed by atoms with Crippen molar-refractivity contribution in [2.24, 2.45) is 0 Å². The van der Waals surface area contributed by atoms with Crippen molar-refractivity contribution < 1.29 is 23.9 Å². The number of rotatable bonds is 2. The zero-order chi connectivity index (χ0) is 34.6. The van der Waals surface area contributed by atoms with Gasteiger partial charge in [-0.3, -0.25) is 19.2 Å². The van der Waals surface area contributed by atoms with Gasteiger partial charge in [0.15, 0.2) is 0 Å². The fourth-order valence-electron chi connectivity index (χ4n) is 5.72. The van der Waals surface area contributed by atoms with Crippen LogP contribution < -0.4 is 14.5 Å². The lowest BCUT2D eigenvalue weighted by molar-refractivity contribution is -0.119. The number of hydrogen-bond donors (Lipinski definition) is 0. The highest BCUT2D eigenvalue weighted by atomic mass is 16.5. The van der Waals surface area contributed by atoms with Gasteiger partial charge in [0.05, 0.1) is 0 Å². The van der Waals surface area contributed by atoms with Crippen molar-refractivity contribution in [1.82, 2.24) is 9.80 Å². The van der Waals surface area contributed by atoms with Crippen LogP contribution in [0.15, 0.2) is 66.7 Å². The summed E-state index contributed by atoms with van der Waals surface area (Å²) in [5.41, 5.74) is 3.97. The van der Waals surface area contributed by atoms with Gasteiger partial charge in [0.1, 0.15) is 12.4 Å². The third-order valence-electron chi connectivity index (χ3n) is 8.68. The van der Waals surface area contributed by atoms with Crippen molar-refractivity contribution in [3.63, 3.8) is 0 Å². The van der Waals surface area contributed by atoms with E-state index in [1.807, 2.05) is 48.5 Å². The molecule has 4 aliphatic heterocycles. The van der Waals surface area contributed by atoms with Crippen molar-refractivity contribution in [3.05, 3.63) is 89.0 Å². The highest BCUT2D eigenvalue weighted by Gasteiger charge is 2.20. The average molecular weight is 651 g/mol. The molecule has 4 aliphatic rings. The van der Waals surface area contributed by atoms with Gasteiger partial charge in [-0.2, -0.15) is 0 Å². The van der Waals surface area contributed by atoms with Crippen LogP contribution >= 0.6 is 0 Å². The Morgan fingerprint density at radius 1 is 0.604 bits per heavy atom. The Labute approximate surface area is 284 Å². The Morgan fingerprint density at radius 3 is 1.40 bits per heavy atom. The highest BCUT2D eigenvalue weighted by Crippen LogP contribution is 2.23. The van der Waals surface area contributed by atoms with E-state index in [4.69, 9.17) is 11.2 Å². The summed E-state index contributed by atoms with van der Waals surface area (Å²) in [6.45, 7) is 0.641. The number of hydrogen-bond acceptors (Lipinski definition) is 5. The lowest BCUT2D eigenvalue weighted by Gasteiger charge is -2.22. The quantitative estimate of drug-likeness (QED) is 0.304. The minimum absolute atomic E-state index is 0.0104. The Kier molecular flexibility index (Phi) is 12.8. The molecule has 0 radical (unpaired) electrons. The SMILES string of the molecule is C#CCOc1cc2cc(c1)C(=O)N(C)Cc1ccc(cc1)N(C)C(=O)CCCCCCCCC(=O)N(C)c1ccc(cc1)CN(C)C2=O.